The Morgan fingerprint density at radius 2 is 1.84 bits per heavy atom. The Kier molecular flexibility index (Phi) is 6.57. The third-order valence-electron chi connectivity index (χ3n) is 3.39. The summed E-state index contributed by atoms with van der Waals surface area (Å²) in [6.07, 6.45) is 3.56. The number of nitrogens with one attached hydrogen (secondary N) is 1. The van der Waals surface area contributed by atoms with Gasteiger partial charge in [-0.05, 0) is 24.9 Å². The van der Waals surface area contributed by atoms with Gasteiger partial charge in [-0.1, -0.05) is 50.6 Å². The second-order valence-corrected chi connectivity index (χ2v) is 5.63. The lowest BCUT2D eigenvalue weighted by molar-refractivity contribution is -0.121. The number of unbranched alkanes of at least 4 members (excludes halogenated alkanes) is 2. The molecule has 3 heteroatoms. The SMILES string of the molecule is CC(C)(CNC(=O)CCCCCN)c1ccccc1. The van der Waals surface area contributed by atoms with E-state index in [0.717, 1.165) is 19.3 Å². The van der Waals surface area contributed by atoms with E-state index >= 15 is 0 Å². The quantitative estimate of drug-likeness (QED) is 0.708. The van der Waals surface area contributed by atoms with Crippen LogP contribution in [0.4, 0.5) is 0 Å². The molecule has 19 heavy (non-hydrogen) atoms. The summed E-state index contributed by atoms with van der Waals surface area (Å²) in [6, 6.07) is 10.3. The van der Waals surface area contributed by atoms with Gasteiger partial charge in [0.15, 0.2) is 0 Å². The lowest BCUT2D eigenvalue weighted by atomic mass is 9.84. The number of carbonyl (C=O) groups excluding carboxylic acids is 1. The minimum atomic E-state index is -0.0336. The Labute approximate surface area is 116 Å². The van der Waals surface area contributed by atoms with E-state index in [4.69, 9.17) is 5.73 Å². The number of nitrogens with two attached hydrogens (primary N) is 1. The van der Waals surface area contributed by atoms with E-state index in [0.29, 0.717) is 19.5 Å². The van der Waals surface area contributed by atoms with E-state index in [1.165, 1.54) is 5.56 Å². The third kappa shape index (κ3) is 5.88. The van der Waals surface area contributed by atoms with Crippen LogP contribution in [0.2, 0.25) is 0 Å². The summed E-state index contributed by atoms with van der Waals surface area (Å²) in [5, 5.41) is 3.03. The summed E-state index contributed by atoms with van der Waals surface area (Å²) < 4.78 is 0. The van der Waals surface area contributed by atoms with Crippen molar-refractivity contribution in [3.05, 3.63) is 35.9 Å². The Balaban J connectivity index is 2.33. The van der Waals surface area contributed by atoms with E-state index in [-0.39, 0.29) is 11.3 Å². The van der Waals surface area contributed by atoms with Crippen molar-refractivity contribution in [2.75, 3.05) is 13.1 Å². The fraction of sp³-hybridized carbons (Fsp3) is 0.562. The monoisotopic (exact) mass is 262 g/mol. The number of benzene rings is 1. The van der Waals surface area contributed by atoms with Crippen LogP contribution in [-0.2, 0) is 10.2 Å². The fourth-order valence-electron chi connectivity index (χ4n) is 2.01. The molecule has 106 valence electrons. The van der Waals surface area contributed by atoms with Gasteiger partial charge in [-0.15, -0.1) is 0 Å². The molecule has 1 rings (SSSR count). The molecule has 0 aliphatic heterocycles. The summed E-state index contributed by atoms with van der Waals surface area (Å²) in [5.41, 5.74) is 6.64. The van der Waals surface area contributed by atoms with Crippen molar-refractivity contribution in [1.29, 1.82) is 0 Å². The summed E-state index contributed by atoms with van der Waals surface area (Å²) in [7, 11) is 0. The predicted molar refractivity (Wildman–Crippen MR) is 80.0 cm³/mol. The van der Waals surface area contributed by atoms with Gasteiger partial charge in [-0.3, -0.25) is 4.79 Å². The molecule has 3 nitrogen and oxygen atoms in total. The molecule has 0 saturated carbocycles. The molecule has 0 fully saturated rings. The van der Waals surface area contributed by atoms with E-state index in [1.807, 2.05) is 18.2 Å². The first kappa shape index (κ1) is 15.7. The van der Waals surface area contributed by atoms with Crippen molar-refractivity contribution in [1.82, 2.24) is 5.32 Å². The average molecular weight is 262 g/mol. The molecular formula is C16H26N2O. The van der Waals surface area contributed by atoms with Crippen LogP contribution in [0.25, 0.3) is 0 Å². The van der Waals surface area contributed by atoms with Crippen molar-refractivity contribution in [3.63, 3.8) is 0 Å². The molecule has 0 atom stereocenters. The summed E-state index contributed by atoms with van der Waals surface area (Å²) in [5.74, 6) is 0.140. The minimum absolute atomic E-state index is 0.0336. The van der Waals surface area contributed by atoms with Crippen LogP contribution >= 0.6 is 0 Å². The molecule has 0 saturated heterocycles. The normalized spacial score (nSPS) is 11.3. The maximum Gasteiger partial charge on any atom is 0.220 e. The molecule has 3 N–H and O–H groups in total. The van der Waals surface area contributed by atoms with Crippen LogP contribution in [-0.4, -0.2) is 19.0 Å². The molecule has 0 aliphatic rings. The first-order chi connectivity index (χ1) is 9.06. The average Bonchev–Trinajstić information content (AvgIpc) is 2.42. The van der Waals surface area contributed by atoms with E-state index in [1.54, 1.807) is 0 Å². The molecule has 0 aromatic heterocycles. The lowest BCUT2D eigenvalue weighted by Crippen LogP contribution is -2.36. The fourth-order valence-corrected chi connectivity index (χ4v) is 2.01. The second kappa shape index (κ2) is 7.95. The largest absolute Gasteiger partial charge is 0.355 e. The molecule has 0 spiro atoms. The molecule has 0 aliphatic carbocycles. The standard InChI is InChI=1S/C16H26N2O/c1-16(2,14-9-5-3-6-10-14)13-18-15(19)11-7-4-8-12-17/h3,5-6,9-10H,4,7-8,11-13,17H2,1-2H3,(H,18,19). The van der Waals surface area contributed by atoms with E-state index in [9.17, 15) is 4.79 Å². The molecule has 0 unspecified atom stereocenters. The highest BCUT2D eigenvalue weighted by Gasteiger charge is 2.20. The van der Waals surface area contributed by atoms with Gasteiger partial charge in [0.25, 0.3) is 0 Å². The van der Waals surface area contributed by atoms with Crippen molar-refractivity contribution in [2.24, 2.45) is 5.73 Å². The lowest BCUT2D eigenvalue weighted by Gasteiger charge is -2.25. The zero-order valence-corrected chi connectivity index (χ0v) is 12.1. The molecule has 1 aromatic rings. The van der Waals surface area contributed by atoms with Crippen LogP contribution in [0.15, 0.2) is 30.3 Å². The highest BCUT2D eigenvalue weighted by Crippen LogP contribution is 2.21. The van der Waals surface area contributed by atoms with Crippen LogP contribution in [0.1, 0.15) is 45.1 Å². The summed E-state index contributed by atoms with van der Waals surface area (Å²) in [4.78, 5) is 11.7. The molecule has 1 amide bonds. The number of hydrogen-bond donors (Lipinski definition) is 2. The van der Waals surface area contributed by atoms with Gasteiger partial charge in [0.05, 0.1) is 0 Å². The Bertz CT molecular complexity index is 374. The zero-order chi connectivity index (χ0) is 14.1. The topological polar surface area (TPSA) is 55.1 Å². The van der Waals surface area contributed by atoms with E-state index < -0.39 is 0 Å². The van der Waals surface area contributed by atoms with Crippen molar-refractivity contribution >= 4 is 5.91 Å². The first-order valence-corrected chi connectivity index (χ1v) is 7.08. The summed E-state index contributed by atoms with van der Waals surface area (Å²) in [6.45, 7) is 5.68. The number of carbonyl (C=O) groups is 1. The highest BCUT2D eigenvalue weighted by atomic mass is 16.1. The predicted octanol–water partition coefficient (Wildman–Crippen LogP) is 2.60. The molecule has 0 bridgehead atoms. The number of rotatable bonds is 8. The Hall–Kier alpha value is -1.35. The Morgan fingerprint density at radius 3 is 2.47 bits per heavy atom. The minimum Gasteiger partial charge on any atom is -0.355 e. The smallest absolute Gasteiger partial charge is 0.220 e. The molecule has 0 radical (unpaired) electrons. The number of hydrogen-bond acceptors (Lipinski definition) is 2. The van der Waals surface area contributed by atoms with Crippen molar-refractivity contribution < 1.29 is 4.79 Å². The van der Waals surface area contributed by atoms with Gasteiger partial charge in [-0.25, -0.2) is 0 Å². The third-order valence-corrected chi connectivity index (χ3v) is 3.39. The first-order valence-electron chi connectivity index (χ1n) is 7.08. The van der Waals surface area contributed by atoms with Gasteiger partial charge in [0, 0.05) is 18.4 Å². The van der Waals surface area contributed by atoms with Crippen LogP contribution < -0.4 is 11.1 Å². The molecular weight excluding hydrogens is 236 g/mol. The maximum absolute atomic E-state index is 11.7. The molecule has 1 aromatic carbocycles. The van der Waals surface area contributed by atoms with Gasteiger partial charge in [0.2, 0.25) is 5.91 Å². The van der Waals surface area contributed by atoms with Crippen LogP contribution in [0.5, 0.6) is 0 Å². The van der Waals surface area contributed by atoms with Crippen molar-refractivity contribution in [2.45, 2.75) is 44.9 Å². The highest BCUT2D eigenvalue weighted by molar-refractivity contribution is 5.75. The van der Waals surface area contributed by atoms with Gasteiger partial charge in [0.1, 0.15) is 0 Å². The maximum atomic E-state index is 11.7. The molecule has 0 heterocycles. The van der Waals surface area contributed by atoms with Gasteiger partial charge < -0.3 is 11.1 Å². The van der Waals surface area contributed by atoms with Gasteiger partial charge in [-0.2, -0.15) is 0 Å². The van der Waals surface area contributed by atoms with E-state index in [2.05, 4.69) is 31.3 Å². The van der Waals surface area contributed by atoms with Crippen LogP contribution in [0, 0.1) is 0 Å². The van der Waals surface area contributed by atoms with Crippen molar-refractivity contribution in [3.8, 4) is 0 Å². The zero-order valence-electron chi connectivity index (χ0n) is 12.1. The van der Waals surface area contributed by atoms with Crippen LogP contribution in [0.3, 0.4) is 0 Å². The Morgan fingerprint density at radius 1 is 1.16 bits per heavy atom. The second-order valence-electron chi connectivity index (χ2n) is 5.63. The van der Waals surface area contributed by atoms with Gasteiger partial charge >= 0.3 is 0 Å². The summed E-state index contributed by atoms with van der Waals surface area (Å²) >= 11 is 0. The number of amides is 1.